The van der Waals surface area contributed by atoms with Gasteiger partial charge in [0.25, 0.3) is 0 Å². The van der Waals surface area contributed by atoms with Gasteiger partial charge >= 0.3 is 5.97 Å². The molecule has 0 rings (SSSR count). The average molecular weight is 373 g/mol. The van der Waals surface area contributed by atoms with Gasteiger partial charge in [-0.05, 0) is 20.4 Å². The lowest BCUT2D eigenvalue weighted by Crippen LogP contribution is -2.28. The summed E-state index contributed by atoms with van der Waals surface area (Å²) in [6.07, 6.45) is 20.2. The van der Waals surface area contributed by atoms with Gasteiger partial charge in [-0.1, -0.05) is 96.8 Å². The Labute approximate surface area is 163 Å². The van der Waals surface area contributed by atoms with Gasteiger partial charge in [-0.15, -0.1) is 0 Å². The number of hydrogen-bond donors (Lipinski definition) is 3. The average Bonchev–Trinajstić information content (AvgIpc) is 2.58. The minimum Gasteiger partial charge on any atom is -0.481 e. The van der Waals surface area contributed by atoms with Crippen molar-refractivity contribution in [1.29, 1.82) is 0 Å². The monoisotopic (exact) mass is 372 g/mol. The number of carboxylic acid groups (broad SMARTS) is 1. The zero-order valence-electron chi connectivity index (χ0n) is 18.0. The predicted molar refractivity (Wildman–Crippen MR) is 115 cm³/mol. The van der Waals surface area contributed by atoms with Gasteiger partial charge in [-0.2, -0.15) is 0 Å². The number of unbranched alkanes of at least 4 members (excludes halogenated alkanes) is 14. The number of carboxylic acids is 1. The summed E-state index contributed by atoms with van der Waals surface area (Å²) in [4.78, 5) is 10.3. The van der Waals surface area contributed by atoms with Gasteiger partial charge in [0.2, 0.25) is 0 Å². The van der Waals surface area contributed by atoms with Crippen LogP contribution in [0.5, 0.6) is 0 Å². The highest BCUT2D eigenvalue weighted by Gasteiger charge is 1.97. The van der Waals surface area contributed by atoms with Crippen molar-refractivity contribution in [2.24, 2.45) is 5.73 Å². The molecule has 0 aliphatic rings. The molecular formula is C22H48N2O2. The maximum Gasteiger partial charge on any atom is 0.303 e. The first-order chi connectivity index (χ1) is 12.5. The van der Waals surface area contributed by atoms with E-state index >= 15 is 0 Å². The zero-order valence-corrected chi connectivity index (χ0v) is 18.0. The maximum atomic E-state index is 10.3. The van der Waals surface area contributed by atoms with E-state index in [0.717, 1.165) is 19.4 Å². The van der Waals surface area contributed by atoms with Crippen molar-refractivity contribution < 1.29 is 9.90 Å². The van der Waals surface area contributed by atoms with E-state index in [9.17, 15) is 4.79 Å². The second-order valence-corrected chi connectivity index (χ2v) is 7.63. The molecular weight excluding hydrogens is 324 g/mol. The van der Waals surface area contributed by atoms with E-state index in [1.165, 1.54) is 83.5 Å². The molecule has 0 bridgehead atoms. The highest BCUT2D eigenvalue weighted by atomic mass is 16.4. The van der Waals surface area contributed by atoms with E-state index in [0.29, 0.717) is 6.42 Å². The molecule has 0 spiro atoms. The molecule has 4 heteroatoms. The standard InChI is InChI=1S/C18H36O2.C4H12N2/c1-2-3-4-5-6-7-8-9-10-11-12-13-14-15-16-17-18(19)20;1-4(5)3-6-2/h2-17H2,1H3,(H,19,20);4,6H,3,5H2,1-2H3. The number of likely N-dealkylation sites (N-methyl/N-ethyl adjacent to an activating group) is 1. The number of rotatable bonds is 18. The van der Waals surface area contributed by atoms with Gasteiger partial charge in [-0.25, -0.2) is 0 Å². The van der Waals surface area contributed by atoms with Gasteiger partial charge in [-0.3, -0.25) is 4.79 Å². The third-order valence-electron chi connectivity index (χ3n) is 4.52. The number of aliphatic carboxylic acids is 1. The van der Waals surface area contributed by atoms with Crippen LogP contribution in [0.4, 0.5) is 0 Å². The molecule has 0 amide bonds. The van der Waals surface area contributed by atoms with Gasteiger partial charge in [0.05, 0.1) is 0 Å². The van der Waals surface area contributed by atoms with E-state index in [1.54, 1.807) is 0 Å². The first kappa shape index (κ1) is 27.6. The summed E-state index contributed by atoms with van der Waals surface area (Å²) in [5.74, 6) is -0.653. The minimum atomic E-state index is -0.653. The van der Waals surface area contributed by atoms with E-state index < -0.39 is 5.97 Å². The molecule has 158 valence electrons. The quantitative estimate of drug-likeness (QED) is 0.262. The Morgan fingerprint density at radius 3 is 1.38 bits per heavy atom. The van der Waals surface area contributed by atoms with Crippen molar-refractivity contribution in [2.75, 3.05) is 13.6 Å². The molecule has 0 saturated carbocycles. The Morgan fingerprint density at radius 1 is 0.808 bits per heavy atom. The van der Waals surface area contributed by atoms with Gasteiger partial charge in [0.15, 0.2) is 0 Å². The summed E-state index contributed by atoms with van der Waals surface area (Å²) in [6.45, 7) is 5.14. The van der Waals surface area contributed by atoms with E-state index in [-0.39, 0.29) is 6.04 Å². The number of nitrogens with two attached hydrogens (primary N) is 1. The summed E-state index contributed by atoms with van der Waals surface area (Å²) < 4.78 is 0. The molecule has 4 nitrogen and oxygen atoms in total. The molecule has 0 heterocycles. The lowest BCUT2D eigenvalue weighted by Gasteiger charge is -2.03. The fraction of sp³-hybridized carbons (Fsp3) is 0.955. The summed E-state index contributed by atoms with van der Waals surface area (Å²) in [5.41, 5.74) is 5.34. The first-order valence-electron chi connectivity index (χ1n) is 11.2. The second-order valence-electron chi connectivity index (χ2n) is 7.63. The summed E-state index contributed by atoms with van der Waals surface area (Å²) >= 11 is 0. The Bertz CT molecular complexity index is 271. The Balaban J connectivity index is 0. The van der Waals surface area contributed by atoms with Gasteiger partial charge in [0, 0.05) is 19.0 Å². The molecule has 0 aliphatic heterocycles. The summed E-state index contributed by atoms with van der Waals surface area (Å²) in [5, 5.41) is 11.5. The second kappa shape index (κ2) is 24.4. The number of nitrogens with one attached hydrogen (secondary N) is 1. The van der Waals surface area contributed by atoms with Crippen LogP contribution in [0, 0.1) is 0 Å². The largest absolute Gasteiger partial charge is 0.481 e. The van der Waals surface area contributed by atoms with Crippen LogP contribution in [0.1, 0.15) is 117 Å². The van der Waals surface area contributed by atoms with Crippen molar-refractivity contribution in [3.8, 4) is 0 Å². The maximum absolute atomic E-state index is 10.3. The van der Waals surface area contributed by atoms with Gasteiger partial charge in [0.1, 0.15) is 0 Å². The molecule has 0 aromatic heterocycles. The molecule has 0 aromatic carbocycles. The zero-order chi connectivity index (χ0) is 19.9. The van der Waals surface area contributed by atoms with Crippen molar-refractivity contribution in [1.82, 2.24) is 5.32 Å². The Kier molecular flexibility index (Phi) is 25.9. The molecule has 0 fully saturated rings. The third-order valence-corrected chi connectivity index (χ3v) is 4.52. The minimum absolute atomic E-state index is 0.287. The predicted octanol–water partition coefficient (Wildman–Crippen LogP) is 5.89. The Hall–Kier alpha value is -0.610. The Morgan fingerprint density at radius 2 is 1.15 bits per heavy atom. The van der Waals surface area contributed by atoms with Gasteiger partial charge < -0.3 is 16.2 Å². The van der Waals surface area contributed by atoms with Crippen LogP contribution in [0.25, 0.3) is 0 Å². The first-order valence-corrected chi connectivity index (χ1v) is 11.2. The molecule has 0 aliphatic carbocycles. The van der Waals surface area contributed by atoms with Crippen LogP contribution >= 0.6 is 0 Å². The van der Waals surface area contributed by atoms with Crippen LogP contribution in [0.3, 0.4) is 0 Å². The normalized spacial score (nSPS) is 11.7. The van der Waals surface area contributed by atoms with Crippen molar-refractivity contribution in [2.45, 2.75) is 123 Å². The fourth-order valence-electron chi connectivity index (χ4n) is 2.97. The van der Waals surface area contributed by atoms with E-state index in [2.05, 4.69) is 12.2 Å². The van der Waals surface area contributed by atoms with Crippen LogP contribution in [0.2, 0.25) is 0 Å². The molecule has 4 N–H and O–H groups in total. The van der Waals surface area contributed by atoms with Crippen molar-refractivity contribution in [3.63, 3.8) is 0 Å². The van der Waals surface area contributed by atoms with Crippen LogP contribution < -0.4 is 11.1 Å². The molecule has 0 radical (unpaired) electrons. The number of hydrogen-bond acceptors (Lipinski definition) is 3. The molecule has 0 aromatic rings. The number of carbonyl (C=O) groups is 1. The van der Waals surface area contributed by atoms with E-state index in [4.69, 9.17) is 10.8 Å². The van der Waals surface area contributed by atoms with Crippen molar-refractivity contribution >= 4 is 5.97 Å². The molecule has 1 unspecified atom stereocenters. The smallest absolute Gasteiger partial charge is 0.303 e. The van der Waals surface area contributed by atoms with Crippen molar-refractivity contribution in [3.05, 3.63) is 0 Å². The van der Waals surface area contributed by atoms with Crippen LogP contribution in [-0.2, 0) is 4.79 Å². The van der Waals surface area contributed by atoms with Crippen LogP contribution in [-0.4, -0.2) is 30.7 Å². The van der Waals surface area contributed by atoms with E-state index in [1.807, 2.05) is 14.0 Å². The molecule has 0 saturated heterocycles. The lowest BCUT2D eigenvalue weighted by molar-refractivity contribution is -0.137. The van der Waals surface area contributed by atoms with Crippen LogP contribution in [0.15, 0.2) is 0 Å². The fourth-order valence-corrected chi connectivity index (χ4v) is 2.97. The lowest BCUT2D eigenvalue weighted by atomic mass is 10.0. The SMILES string of the molecule is CCCCCCCCCCCCCCCCCC(=O)O.CNCC(C)N. The highest BCUT2D eigenvalue weighted by molar-refractivity contribution is 5.66. The summed E-state index contributed by atoms with van der Waals surface area (Å²) in [7, 11) is 1.89. The third kappa shape index (κ3) is 31.2. The molecule has 1 atom stereocenters. The highest BCUT2D eigenvalue weighted by Crippen LogP contribution is 2.13. The summed E-state index contributed by atoms with van der Waals surface area (Å²) in [6, 6.07) is 0.287. The topological polar surface area (TPSA) is 75.3 Å². The molecule has 26 heavy (non-hydrogen) atoms.